The first-order chi connectivity index (χ1) is 16.2. The van der Waals surface area contributed by atoms with Crippen molar-refractivity contribution < 1.29 is 47.8 Å². The van der Waals surface area contributed by atoms with E-state index >= 15 is 0 Å². The van der Waals surface area contributed by atoms with Gasteiger partial charge in [0.2, 0.25) is 11.5 Å². The number of benzene rings is 1. The molecule has 0 radical (unpaired) electrons. The van der Waals surface area contributed by atoms with Gasteiger partial charge in [-0.3, -0.25) is 0 Å². The lowest BCUT2D eigenvalue weighted by atomic mass is 9.93. The van der Waals surface area contributed by atoms with Crippen LogP contribution < -0.4 is 0 Å². The fourth-order valence-electron chi connectivity index (χ4n) is 3.83. The average Bonchev–Trinajstić information content (AvgIpc) is 3.39. The van der Waals surface area contributed by atoms with Crippen LogP contribution in [-0.2, 0) is 47.8 Å². The normalized spacial score (nSPS) is 20.5. The zero-order chi connectivity index (χ0) is 25.2. The summed E-state index contributed by atoms with van der Waals surface area (Å²) in [6.07, 6.45) is 0. The monoisotopic (exact) mass is 476 g/mol. The van der Waals surface area contributed by atoms with Crippen molar-refractivity contribution in [2.24, 2.45) is 0 Å². The van der Waals surface area contributed by atoms with E-state index in [-0.39, 0.29) is 22.7 Å². The highest BCUT2D eigenvalue weighted by Crippen LogP contribution is 2.41. The molecule has 0 unspecified atom stereocenters. The number of hydroxylamine groups is 4. The van der Waals surface area contributed by atoms with Crippen LogP contribution in [0.1, 0.15) is 23.2 Å². The Labute approximate surface area is 195 Å². The molecule has 2 aliphatic rings. The van der Waals surface area contributed by atoms with E-state index in [2.05, 4.69) is 0 Å². The molecule has 0 fully saturated rings. The zero-order valence-corrected chi connectivity index (χ0v) is 19.4. The van der Waals surface area contributed by atoms with E-state index in [9.17, 15) is 19.2 Å². The molecule has 0 saturated carbocycles. The molecule has 0 saturated heterocycles. The number of ether oxygens (including phenoxy) is 4. The molecule has 2 atom stereocenters. The lowest BCUT2D eigenvalue weighted by Crippen LogP contribution is -2.24. The van der Waals surface area contributed by atoms with Crippen LogP contribution in [0.15, 0.2) is 46.9 Å². The molecule has 182 valence electrons. The van der Waals surface area contributed by atoms with Gasteiger partial charge >= 0.3 is 23.9 Å². The van der Waals surface area contributed by atoms with Gasteiger partial charge in [0.05, 0.1) is 28.4 Å². The summed E-state index contributed by atoms with van der Waals surface area (Å²) in [7, 11) is 7.83. The fourth-order valence-corrected chi connectivity index (χ4v) is 3.83. The molecule has 3 rings (SSSR count). The van der Waals surface area contributed by atoms with Crippen LogP contribution >= 0.6 is 0 Å². The SMILES string of the molecule is COC(=O)C1=C(C(=O)OC)[C@@H](c2ccc([C@@H]3C(C(=O)OC)=C(C(=O)OC)ON3C)cc2)N(C)O1. The summed E-state index contributed by atoms with van der Waals surface area (Å²) >= 11 is 0. The second kappa shape index (κ2) is 9.93. The van der Waals surface area contributed by atoms with Crippen molar-refractivity contribution in [3.05, 3.63) is 58.1 Å². The molecular formula is C22H24N2O10. The number of esters is 4. The summed E-state index contributed by atoms with van der Waals surface area (Å²) in [6.45, 7) is 0. The molecule has 0 spiro atoms. The molecule has 0 bridgehead atoms. The van der Waals surface area contributed by atoms with Crippen LogP contribution in [-0.4, -0.2) is 76.5 Å². The minimum Gasteiger partial charge on any atom is -0.465 e. The third-order valence-corrected chi connectivity index (χ3v) is 5.35. The fraction of sp³-hybridized carbons (Fsp3) is 0.364. The minimum absolute atomic E-state index is 0.0194. The zero-order valence-electron chi connectivity index (χ0n) is 19.4. The van der Waals surface area contributed by atoms with Crippen molar-refractivity contribution in [3.8, 4) is 0 Å². The van der Waals surface area contributed by atoms with E-state index in [1.54, 1.807) is 38.4 Å². The average molecular weight is 476 g/mol. The van der Waals surface area contributed by atoms with Crippen molar-refractivity contribution in [2.45, 2.75) is 12.1 Å². The van der Waals surface area contributed by atoms with Gasteiger partial charge in [0.15, 0.2) is 0 Å². The van der Waals surface area contributed by atoms with Crippen LogP contribution in [0, 0.1) is 0 Å². The Hall–Kier alpha value is -3.90. The van der Waals surface area contributed by atoms with Gasteiger partial charge in [-0.1, -0.05) is 24.3 Å². The van der Waals surface area contributed by atoms with Crippen molar-refractivity contribution in [1.82, 2.24) is 10.1 Å². The number of likely N-dealkylation sites (N-methyl/N-ethyl adjacent to an activating group) is 2. The van der Waals surface area contributed by atoms with Gasteiger partial charge in [0.1, 0.15) is 23.2 Å². The Balaban J connectivity index is 2.03. The molecule has 2 aliphatic heterocycles. The van der Waals surface area contributed by atoms with Crippen molar-refractivity contribution >= 4 is 23.9 Å². The van der Waals surface area contributed by atoms with Gasteiger partial charge in [-0.05, 0) is 11.1 Å². The predicted molar refractivity (Wildman–Crippen MR) is 112 cm³/mol. The molecule has 12 nitrogen and oxygen atoms in total. The first-order valence-electron chi connectivity index (χ1n) is 9.93. The smallest absolute Gasteiger partial charge is 0.376 e. The lowest BCUT2D eigenvalue weighted by molar-refractivity contribution is -0.153. The van der Waals surface area contributed by atoms with Crippen molar-refractivity contribution in [1.29, 1.82) is 0 Å². The quantitative estimate of drug-likeness (QED) is 0.424. The summed E-state index contributed by atoms with van der Waals surface area (Å²) in [6, 6.07) is 5.19. The first-order valence-corrected chi connectivity index (χ1v) is 9.93. The van der Waals surface area contributed by atoms with Crippen LogP contribution in [0.2, 0.25) is 0 Å². The largest absolute Gasteiger partial charge is 0.465 e. The number of hydrogen-bond donors (Lipinski definition) is 0. The van der Waals surface area contributed by atoms with E-state index in [0.717, 1.165) is 0 Å². The summed E-state index contributed by atoms with van der Waals surface area (Å²) in [5.74, 6) is -3.68. The lowest BCUT2D eigenvalue weighted by Gasteiger charge is -2.22. The van der Waals surface area contributed by atoms with E-state index in [0.29, 0.717) is 11.1 Å². The van der Waals surface area contributed by atoms with Gasteiger partial charge in [-0.25, -0.2) is 19.2 Å². The molecule has 1 aromatic carbocycles. The number of methoxy groups -OCH3 is 4. The third-order valence-electron chi connectivity index (χ3n) is 5.35. The summed E-state index contributed by atoms with van der Waals surface area (Å²) < 4.78 is 19.1. The molecule has 0 aromatic heterocycles. The molecule has 12 heteroatoms. The topological polar surface area (TPSA) is 130 Å². The molecule has 2 heterocycles. The Kier molecular flexibility index (Phi) is 7.23. The molecule has 34 heavy (non-hydrogen) atoms. The minimum atomic E-state index is -0.820. The van der Waals surface area contributed by atoms with Crippen LogP contribution in [0.5, 0.6) is 0 Å². The van der Waals surface area contributed by atoms with Crippen LogP contribution in [0.3, 0.4) is 0 Å². The highest BCUT2D eigenvalue weighted by atomic mass is 16.7. The summed E-state index contributed by atoms with van der Waals surface area (Å²) in [4.78, 5) is 60.1. The number of carbonyl (C=O) groups excluding carboxylic acids is 4. The summed E-state index contributed by atoms with van der Waals surface area (Å²) in [5, 5.41) is 2.65. The maximum Gasteiger partial charge on any atom is 0.376 e. The Morgan fingerprint density at radius 3 is 1.18 bits per heavy atom. The van der Waals surface area contributed by atoms with E-state index < -0.39 is 36.0 Å². The molecule has 0 amide bonds. The van der Waals surface area contributed by atoms with Crippen LogP contribution in [0.25, 0.3) is 0 Å². The molecule has 1 aromatic rings. The van der Waals surface area contributed by atoms with E-state index in [1.807, 2.05) is 0 Å². The van der Waals surface area contributed by atoms with E-state index in [1.165, 1.54) is 38.6 Å². The highest BCUT2D eigenvalue weighted by Gasteiger charge is 2.44. The van der Waals surface area contributed by atoms with Gasteiger partial charge in [0, 0.05) is 14.1 Å². The molecule has 0 N–H and O–H groups in total. The summed E-state index contributed by atoms with van der Waals surface area (Å²) in [5.41, 5.74) is 1.14. The maximum absolute atomic E-state index is 12.5. The predicted octanol–water partition coefficient (Wildman–Crippen LogP) is 0.723. The number of nitrogens with zero attached hydrogens (tertiary/aromatic N) is 2. The molecule has 0 aliphatic carbocycles. The number of rotatable bonds is 6. The van der Waals surface area contributed by atoms with Gasteiger partial charge < -0.3 is 28.6 Å². The van der Waals surface area contributed by atoms with Gasteiger partial charge in [0.25, 0.3) is 0 Å². The van der Waals surface area contributed by atoms with Gasteiger partial charge in [-0.15, -0.1) is 10.1 Å². The third kappa shape index (κ3) is 4.20. The van der Waals surface area contributed by atoms with Gasteiger partial charge in [-0.2, -0.15) is 0 Å². The number of hydrogen-bond acceptors (Lipinski definition) is 12. The Morgan fingerprint density at radius 1 is 0.618 bits per heavy atom. The van der Waals surface area contributed by atoms with Crippen LogP contribution in [0.4, 0.5) is 0 Å². The maximum atomic E-state index is 12.5. The molecular weight excluding hydrogens is 452 g/mol. The second-order valence-electron chi connectivity index (χ2n) is 7.20. The Morgan fingerprint density at radius 2 is 0.912 bits per heavy atom. The second-order valence-corrected chi connectivity index (χ2v) is 7.20. The van der Waals surface area contributed by atoms with E-state index in [4.69, 9.17) is 28.6 Å². The van der Waals surface area contributed by atoms with Crippen molar-refractivity contribution in [2.75, 3.05) is 42.5 Å². The highest BCUT2D eigenvalue weighted by molar-refractivity contribution is 6.01. The van der Waals surface area contributed by atoms with Crippen molar-refractivity contribution in [3.63, 3.8) is 0 Å². The Bertz CT molecular complexity index is 991. The first kappa shape index (κ1) is 24.7. The standard InChI is InChI=1S/C22H24N2O10/c1-23-15(13(19(25)29-3)17(33-23)21(27)31-5)11-7-9-12(10-8-11)16-14(20(26)30-4)18(22(28)32-6)34-24(16)2/h7-10,15-16H,1-6H3/t15-,16-/m1/s1. The number of carbonyl (C=O) groups is 4.